The van der Waals surface area contributed by atoms with Crippen LogP contribution in [0.3, 0.4) is 0 Å². The maximum Gasteiger partial charge on any atom is 0.237 e. The van der Waals surface area contributed by atoms with Crippen LogP contribution < -0.4 is 5.32 Å². The van der Waals surface area contributed by atoms with E-state index in [9.17, 15) is 9.90 Å². The smallest absolute Gasteiger partial charge is 0.237 e. The fourth-order valence-electron chi connectivity index (χ4n) is 3.58. The predicted octanol–water partition coefficient (Wildman–Crippen LogP) is 1.71. The van der Waals surface area contributed by atoms with Gasteiger partial charge in [-0.1, -0.05) is 24.3 Å². The molecule has 1 amide bonds. The van der Waals surface area contributed by atoms with Gasteiger partial charge in [-0.2, -0.15) is 0 Å². The number of aromatic nitrogens is 1. The quantitative estimate of drug-likeness (QED) is 0.828. The van der Waals surface area contributed by atoms with E-state index in [-0.39, 0.29) is 5.91 Å². The molecule has 2 atom stereocenters. The monoisotopic (exact) mass is 296 g/mol. The molecule has 0 fully saturated rings. The predicted molar refractivity (Wildman–Crippen MR) is 80.4 cm³/mol. The minimum atomic E-state index is -0.937. The molecule has 0 bridgehead atoms. The lowest BCUT2D eigenvalue weighted by Crippen LogP contribution is -2.35. The van der Waals surface area contributed by atoms with Crippen LogP contribution in [0.1, 0.15) is 28.5 Å². The Hall–Kier alpha value is -2.24. The van der Waals surface area contributed by atoms with Crippen LogP contribution in [-0.4, -0.2) is 23.1 Å². The van der Waals surface area contributed by atoms with Crippen LogP contribution >= 0.6 is 0 Å². The summed E-state index contributed by atoms with van der Waals surface area (Å²) >= 11 is 0. The van der Waals surface area contributed by atoms with Crippen molar-refractivity contribution in [2.75, 3.05) is 12.4 Å². The number of nitrogens with zero attached hydrogens (tertiary/aromatic N) is 1. The zero-order valence-corrected chi connectivity index (χ0v) is 12.2. The summed E-state index contributed by atoms with van der Waals surface area (Å²) in [4.78, 5) is 16.8. The number of methoxy groups -OCH3 is 1. The molecule has 1 aliphatic heterocycles. The van der Waals surface area contributed by atoms with E-state index in [4.69, 9.17) is 4.74 Å². The third-order valence-electron chi connectivity index (χ3n) is 4.71. The first-order valence-electron chi connectivity index (χ1n) is 7.23. The summed E-state index contributed by atoms with van der Waals surface area (Å²) in [6.07, 6.45) is 2.04. The van der Waals surface area contributed by atoms with Crippen molar-refractivity contribution in [3.05, 3.63) is 58.8 Å². The van der Waals surface area contributed by atoms with Gasteiger partial charge in [0.1, 0.15) is 5.82 Å². The Morgan fingerprint density at radius 2 is 2.14 bits per heavy atom. The molecule has 1 aromatic carbocycles. The van der Waals surface area contributed by atoms with Crippen molar-refractivity contribution in [2.45, 2.75) is 24.5 Å². The lowest BCUT2D eigenvalue weighted by atomic mass is 9.79. The highest BCUT2D eigenvalue weighted by Crippen LogP contribution is 2.46. The molecule has 4 rings (SSSR count). The highest BCUT2D eigenvalue weighted by Gasteiger charge is 2.51. The maximum atomic E-state index is 12.6. The topological polar surface area (TPSA) is 71.5 Å². The lowest BCUT2D eigenvalue weighted by molar-refractivity contribution is -0.120. The van der Waals surface area contributed by atoms with Crippen LogP contribution in [0.5, 0.6) is 0 Å². The molecule has 2 unspecified atom stereocenters. The molecule has 2 aromatic rings. The highest BCUT2D eigenvalue weighted by atomic mass is 16.6. The van der Waals surface area contributed by atoms with Crippen molar-refractivity contribution in [3.63, 3.8) is 0 Å². The Labute approximate surface area is 128 Å². The number of benzene rings is 1. The van der Waals surface area contributed by atoms with Gasteiger partial charge in [-0.15, -0.1) is 0 Å². The molecular weight excluding hydrogens is 280 g/mol. The number of hydrogen-bond acceptors (Lipinski definition) is 4. The molecule has 1 aromatic heterocycles. The summed E-state index contributed by atoms with van der Waals surface area (Å²) in [6, 6.07) is 9.59. The molecule has 112 valence electrons. The fraction of sp³-hybridized carbons (Fsp3) is 0.294. The normalized spacial score (nSPS) is 23.3. The average molecular weight is 296 g/mol. The molecule has 0 saturated heterocycles. The second-order valence-corrected chi connectivity index (χ2v) is 5.91. The summed E-state index contributed by atoms with van der Waals surface area (Å²) < 4.78 is 4.96. The Morgan fingerprint density at radius 1 is 1.32 bits per heavy atom. The van der Waals surface area contributed by atoms with Crippen LogP contribution in [0, 0.1) is 0 Å². The molecule has 0 radical (unpaired) electrons. The van der Waals surface area contributed by atoms with Gasteiger partial charge in [0.2, 0.25) is 5.91 Å². The van der Waals surface area contributed by atoms with Gasteiger partial charge in [-0.25, -0.2) is 4.98 Å². The van der Waals surface area contributed by atoms with Crippen LogP contribution in [0.4, 0.5) is 5.82 Å². The number of amides is 1. The molecule has 2 N–H and O–H groups in total. The van der Waals surface area contributed by atoms with Gasteiger partial charge in [-0.3, -0.25) is 4.79 Å². The first kappa shape index (κ1) is 13.4. The summed E-state index contributed by atoms with van der Waals surface area (Å²) in [5.41, 5.74) is 3.33. The number of carbonyl (C=O) groups is 1. The maximum absolute atomic E-state index is 12.6. The Bertz CT molecular complexity index is 774. The third-order valence-corrected chi connectivity index (χ3v) is 4.71. The number of nitrogens with one attached hydrogen (secondary N) is 1. The van der Waals surface area contributed by atoms with Crippen molar-refractivity contribution < 1.29 is 14.6 Å². The van der Waals surface area contributed by atoms with E-state index in [1.54, 1.807) is 6.20 Å². The van der Waals surface area contributed by atoms with Crippen molar-refractivity contribution in [1.29, 1.82) is 0 Å². The number of hydrogen-bond donors (Lipinski definition) is 2. The second-order valence-electron chi connectivity index (χ2n) is 5.91. The number of pyridine rings is 1. The lowest BCUT2D eigenvalue weighted by Gasteiger charge is -2.20. The van der Waals surface area contributed by atoms with E-state index >= 15 is 0 Å². The zero-order chi connectivity index (χ0) is 15.3. The van der Waals surface area contributed by atoms with E-state index in [1.165, 1.54) is 7.11 Å². The summed E-state index contributed by atoms with van der Waals surface area (Å²) in [7, 11) is 1.46. The van der Waals surface area contributed by atoms with Crippen LogP contribution in [0.2, 0.25) is 0 Å². The first-order chi connectivity index (χ1) is 10.6. The molecule has 2 heterocycles. The number of carbonyl (C=O) groups excluding carboxylic acids is 1. The fourth-order valence-corrected chi connectivity index (χ4v) is 3.58. The van der Waals surface area contributed by atoms with E-state index in [0.717, 1.165) is 16.7 Å². The number of aliphatic hydroxyl groups is 1. The summed E-state index contributed by atoms with van der Waals surface area (Å²) in [5, 5.41) is 12.7. The molecule has 1 aliphatic carbocycles. The standard InChI is InChI=1S/C17H16N2O3/c1-22-15(20)10-4-5-11-8-17(9-12(11)7-10)13-3-2-6-18-14(13)19-16(17)21/h2-7,15,20H,8-9H2,1H3,(H,18,19,21). The van der Waals surface area contributed by atoms with Gasteiger partial charge in [0, 0.05) is 24.4 Å². The molecule has 0 saturated carbocycles. The molecule has 2 aliphatic rings. The van der Waals surface area contributed by atoms with Gasteiger partial charge in [-0.05, 0) is 30.0 Å². The molecular formula is C17H16N2O3. The Kier molecular flexibility index (Phi) is 2.82. The van der Waals surface area contributed by atoms with Crippen molar-refractivity contribution >= 4 is 11.7 Å². The van der Waals surface area contributed by atoms with Crippen LogP contribution in [0.15, 0.2) is 36.5 Å². The second kappa shape index (κ2) is 4.63. The van der Waals surface area contributed by atoms with Crippen LogP contribution in [0.25, 0.3) is 0 Å². The molecule has 1 spiro atoms. The van der Waals surface area contributed by atoms with Crippen molar-refractivity contribution in [3.8, 4) is 0 Å². The van der Waals surface area contributed by atoms with Gasteiger partial charge >= 0.3 is 0 Å². The average Bonchev–Trinajstić information content (AvgIpc) is 3.05. The van der Waals surface area contributed by atoms with E-state index in [0.29, 0.717) is 24.2 Å². The van der Waals surface area contributed by atoms with Crippen molar-refractivity contribution in [1.82, 2.24) is 4.98 Å². The zero-order valence-electron chi connectivity index (χ0n) is 12.2. The van der Waals surface area contributed by atoms with Crippen LogP contribution in [-0.2, 0) is 27.8 Å². The van der Waals surface area contributed by atoms with Gasteiger partial charge in [0.05, 0.1) is 5.41 Å². The minimum Gasteiger partial charge on any atom is -0.364 e. The summed E-state index contributed by atoms with van der Waals surface area (Å²) in [6.45, 7) is 0. The van der Waals surface area contributed by atoms with E-state index in [2.05, 4.69) is 10.3 Å². The SMILES string of the molecule is COC(O)c1ccc2c(c1)CC1(C2)C(=O)Nc2ncccc21. The first-order valence-corrected chi connectivity index (χ1v) is 7.23. The highest BCUT2D eigenvalue weighted by molar-refractivity contribution is 6.06. The van der Waals surface area contributed by atoms with Crippen molar-refractivity contribution in [2.24, 2.45) is 0 Å². The summed E-state index contributed by atoms with van der Waals surface area (Å²) in [5.74, 6) is 0.670. The van der Waals surface area contributed by atoms with Gasteiger partial charge < -0.3 is 15.2 Å². The third kappa shape index (κ3) is 1.73. The number of fused-ring (bicyclic) bond motifs is 3. The van der Waals surface area contributed by atoms with Gasteiger partial charge in [0.25, 0.3) is 0 Å². The van der Waals surface area contributed by atoms with Gasteiger partial charge in [0.15, 0.2) is 6.29 Å². The number of aliphatic hydroxyl groups excluding tert-OH is 1. The number of ether oxygens (including phenoxy) is 1. The Morgan fingerprint density at radius 3 is 2.95 bits per heavy atom. The molecule has 5 heteroatoms. The van der Waals surface area contributed by atoms with E-state index < -0.39 is 11.7 Å². The minimum absolute atomic E-state index is 0.00578. The molecule has 22 heavy (non-hydrogen) atoms. The number of rotatable bonds is 2. The number of anilines is 1. The van der Waals surface area contributed by atoms with E-state index in [1.807, 2.05) is 30.3 Å². The largest absolute Gasteiger partial charge is 0.364 e. The Balaban J connectivity index is 1.77. The molecule has 5 nitrogen and oxygen atoms in total.